The Balaban J connectivity index is 2.64. The number of aryl methyl sites for hydroxylation is 1. The second-order valence-corrected chi connectivity index (χ2v) is 5.93. The smallest absolute Gasteiger partial charge is 0.0441 e. The molecule has 1 unspecified atom stereocenters. The third-order valence-electron chi connectivity index (χ3n) is 3.26. The quantitative estimate of drug-likeness (QED) is 0.761. The van der Waals surface area contributed by atoms with Crippen LogP contribution in [0.4, 0.5) is 0 Å². The summed E-state index contributed by atoms with van der Waals surface area (Å²) in [5.74, 6) is 0.764. The van der Waals surface area contributed by atoms with Crippen LogP contribution in [0.3, 0.4) is 0 Å². The first-order valence-corrected chi connectivity index (χ1v) is 7.39. The zero-order chi connectivity index (χ0) is 13.5. The summed E-state index contributed by atoms with van der Waals surface area (Å²) in [6, 6.07) is 6.91. The van der Waals surface area contributed by atoms with E-state index in [4.69, 9.17) is 11.6 Å². The third-order valence-corrected chi connectivity index (χ3v) is 3.61. The molecule has 1 atom stereocenters. The summed E-state index contributed by atoms with van der Waals surface area (Å²) in [5, 5.41) is 4.47. The molecule has 0 bridgehead atoms. The SMILES string of the molecule is CCNC(CCC(C)C)Cc1ccc(C)cc1Cl. The minimum absolute atomic E-state index is 0.539. The van der Waals surface area contributed by atoms with Crippen LogP contribution in [0, 0.1) is 12.8 Å². The average molecular weight is 268 g/mol. The molecule has 0 aliphatic carbocycles. The first kappa shape index (κ1) is 15.5. The highest BCUT2D eigenvalue weighted by atomic mass is 35.5. The van der Waals surface area contributed by atoms with E-state index >= 15 is 0 Å². The Labute approximate surface area is 117 Å². The molecule has 1 rings (SSSR count). The topological polar surface area (TPSA) is 12.0 Å². The third kappa shape index (κ3) is 5.41. The van der Waals surface area contributed by atoms with Crippen molar-refractivity contribution in [2.75, 3.05) is 6.54 Å². The molecule has 0 spiro atoms. The van der Waals surface area contributed by atoms with Gasteiger partial charge in [-0.2, -0.15) is 0 Å². The van der Waals surface area contributed by atoms with Crippen molar-refractivity contribution in [2.24, 2.45) is 5.92 Å². The Bertz CT molecular complexity index is 360. The van der Waals surface area contributed by atoms with Gasteiger partial charge in [0.2, 0.25) is 0 Å². The van der Waals surface area contributed by atoms with Gasteiger partial charge in [0.25, 0.3) is 0 Å². The molecular formula is C16H26ClN. The molecule has 18 heavy (non-hydrogen) atoms. The lowest BCUT2D eigenvalue weighted by atomic mass is 9.97. The first-order valence-electron chi connectivity index (χ1n) is 7.01. The highest BCUT2D eigenvalue weighted by Crippen LogP contribution is 2.20. The Kier molecular flexibility index (Phi) is 6.73. The van der Waals surface area contributed by atoms with E-state index in [0.717, 1.165) is 23.9 Å². The van der Waals surface area contributed by atoms with E-state index in [9.17, 15) is 0 Å². The highest BCUT2D eigenvalue weighted by Gasteiger charge is 2.11. The molecule has 1 aromatic carbocycles. The molecule has 2 heteroatoms. The lowest BCUT2D eigenvalue weighted by Gasteiger charge is -2.19. The summed E-state index contributed by atoms with van der Waals surface area (Å²) >= 11 is 6.31. The zero-order valence-electron chi connectivity index (χ0n) is 12.1. The molecule has 0 aromatic heterocycles. The van der Waals surface area contributed by atoms with Crippen LogP contribution in [-0.4, -0.2) is 12.6 Å². The molecule has 0 heterocycles. The van der Waals surface area contributed by atoms with Crippen LogP contribution < -0.4 is 5.32 Å². The minimum atomic E-state index is 0.539. The van der Waals surface area contributed by atoms with Crippen LogP contribution in [0.1, 0.15) is 44.7 Å². The van der Waals surface area contributed by atoms with Crippen LogP contribution in [0.15, 0.2) is 18.2 Å². The van der Waals surface area contributed by atoms with Gasteiger partial charge in [0.15, 0.2) is 0 Å². The number of halogens is 1. The van der Waals surface area contributed by atoms with Crippen molar-refractivity contribution >= 4 is 11.6 Å². The fourth-order valence-corrected chi connectivity index (χ4v) is 2.50. The Morgan fingerprint density at radius 1 is 1.22 bits per heavy atom. The van der Waals surface area contributed by atoms with Gasteiger partial charge in [0, 0.05) is 11.1 Å². The van der Waals surface area contributed by atoms with Crippen LogP contribution >= 0.6 is 11.6 Å². The maximum absolute atomic E-state index is 6.31. The number of hydrogen-bond acceptors (Lipinski definition) is 1. The van der Waals surface area contributed by atoms with Gasteiger partial charge in [-0.25, -0.2) is 0 Å². The van der Waals surface area contributed by atoms with Gasteiger partial charge >= 0.3 is 0 Å². The predicted octanol–water partition coefficient (Wildman–Crippen LogP) is 4.61. The van der Waals surface area contributed by atoms with Gasteiger partial charge in [-0.3, -0.25) is 0 Å². The lowest BCUT2D eigenvalue weighted by Crippen LogP contribution is -2.31. The summed E-state index contributed by atoms with van der Waals surface area (Å²) in [5.41, 5.74) is 2.49. The fraction of sp³-hybridized carbons (Fsp3) is 0.625. The molecule has 0 aliphatic rings. The minimum Gasteiger partial charge on any atom is -0.314 e. The molecule has 0 amide bonds. The Morgan fingerprint density at radius 3 is 2.50 bits per heavy atom. The van der Waals surface area contributed by atoms with Crippen molar-refractivity contribution < 1.29 is 0 Å². The molecule has 0 saturated heterocycles. The number of benzene rings is 1. The van der Waals surface area contributed by atoms with Gasteiger partial charge in [-0.05, 0) is 55.8 Å². The molecule has 0 aliphatic heterocycles. The summed E-state index contributed by atoms with van der Waals surface area (Å²) in [4.78, 5) is 0. The zero-order valence-corrected chi connectivity index (χ0v) is 12.8. The average Bonchev–Trinajstić information content (AvgIpc) is 2.29. The van der Waals surface area contributed by atoms with Gasteiger partial charge < -0.3 is 5.32 Å². The van der Waals surface area contributed by atoms with E-state index in [-0.39, 0.29) is 0 Å². The van der Waals surface area contributed by atoms with Gasteiger partial charge in [0.1, 0.15) is 0 Å². The predicted molar refractivity (Wildman–Crippen MR) is 81.4 cm³/mol. The Morgan fingerprint density at radius 2 is 1.94 bits per heavy atom. The van der Waals surface area contributed by atoms with Crippen molar-refractivity contribution in [3.8, 4) is 0 Å². The van der Waals surface area contributed by atoms with Crippen molar-refractivity contribution in [3.05, 3.63) is 34.3 Å². The van der Waals surface area contributed by atoms with Crippen molar-refractivity contribution in [2.45, 2.75) is 53.0 Å². The molecule has 1 nitrogen and oxygen atoms in total. The normalized spacial score (nSPS) is 13.0. The second-order valence-electron chi connectivity index (χ2n) is 5.52. The highest BCUT2D eigenvalue weighted by molar-refractivity contribution is 6.31. The van der Waals surface area contributed by atoms with E-state index < -0.39 is 0 Å². The van der Waals surface area contributed by atoms with Crippen molar-refractivity contribution in [1.82, 2.24) is 5.32 Å². The number of nitrogens with one attached hydrogen (secondary N) is 1. The van der Waals surface area contributed by atoms with Crippen LogP contribution in [0.25, 0.3) is 0 Å². The number of hydrogen-bond donors (Lipinski definition) is 1. The van der Waals surface area contributed by atoms with Gasteiger partial charge in [-0.15, -0.1) is 0 Å². The molecule has 1 aromatic rings. The van der Waals surface area contributed by atoms with Gasteiger partial charge in [0.05, 0.1) is 0 Å². The van der Waals surface area contributed by atoms with Crippen LogP contribution in [0.5, 0.6) is 0 Å². The second kappa shape index (κ2) is 7.81. The summed E-state index contributed by atoms with van der Waals surface area (Å²) in [6.07, 6.45) is 3.51. The van der Waals surface area contributed by atoms with Crippen molar-refractivity contribution in [3.63, 3.8) is 0 Å². The summed E-state index contributed by atoms with van der Waals surface area (Å²) in [6.45, 7) is 9.82. The molecule has 0 radical (unpaired) electrons. The van der Waals surface area contributed by atoms with E-state index in [2.05, 4.69) is 51.2 Å². The number of likely N-dealkylation sites (N-methyl/N-ethyl adjacent to an activating group) is 1. The van der Waals surface area contributed by atoms with E-state index in [1.165, 1.54) is 24.0 Å². The molecule has 0 saturated carbocycles. The summed E-state index contributed by atoms with van der Waals surface area (Å²) < 4.78 is 0. The molecular weight excluding hydrogens is 242 g/mol. The van der Waals surface area contributed by atoms with E-state index in [1.807, 2.05) is 0 Å². The fourth-order valence-electron chi connectivity index (χ4n) is 2.18. The van der Waals surface area contributed by atoms with Crippen LogP contribution in [-0.2, 0) is 6.42 Å². The first-order chi connectivity index (χ1) is 8.52. The largest absolute Gasteiger partial charge is 0.314 e. The van der Waals surface area contributed by atoms with Crippen LogP contribution in [0.2, 0.25) is 5.02 Å². The van der Waals surface area contributed by atoms with Crippen molar-refractivity contribution in [1.29, 1.82) is 0 Å². The van der Waals surface area contributed by atoms with E-state index in [1.54, 1.807) is 0 Å². The van der Waals surface area contributed by atoms with E-state index in [0.29, 0.717) is 6.04 Å². The Hall–Kier alpha value is -0.530. The monoisotopic (exact) mass is 267 g/mol. The molecule has 1 N–H and O–H groups in total. The maximum Gasteiger partial charge on any atom is 0.0441 e. The number of rotatable bonds is 7. The molecule has 102 valence electrons. The summed E-state index contributed by atoms with van der Waals surface area (Å²) in [7, 11) is 0. The molecule has 0 fully saturated rings. The maximum atomic E-state index is 6.31. The lowest BCUT2D eigenvalue weighted by molar-refractivity contribution is 0.434. The van der Waals surface area contributed by atoms with Gasteiger partial charge in [-0.1, -0.05) is 44.5 Å². The standard InChI is InChI=1S/C16H26ClN/c1-5-18-15(9-6-12(2)3)11-14-8-7-13(4)10-16(14)17/h7-8,10,12,15,18H,5-6,9,11H2,1-4H3.